The van der Waals surface area contributed by atoms with Gasteiger partial charge in [0.25, 0.3) is 0 Å². The van der Waals surface area contributed by atoms with Crippen LogP contribution in [0.1, 0.15) is 105 Å². The molecule has 0 rings (SSSR count). The third kappa shape index (κ3) is 19.9. The van der Waals surface area contributed by atoms with Crippen molar-refractivity contribution in [1.29, 1.82) is 0 Å². The Morgan fingerprint density at radius 1 is 0.486 bits per heavy atom. The number of carbonyl (C=O) groups excluding carboxylic acids is 4. The first-order valence-corrected chi connectivity index (χ1v) is 20.3. The summed E-state index contributed by atoms with van der Waals surface area (Å²) in [5.74, 6) is -2.69. The molecule has 212 valence electrons. The zero-order chi connectivity index (χ0) is 27.8. The molecule has 0 amide bonds. The third-order valence-corrected chi connectivity index (χ3v) is 15.3. The standard InChI is InChI=1S/2C8H17.2C6H8O4.Sn/c2*1-3-5-7-8-6-4-2;2*1-2-10-6(9)4-3-5(7)8;/h2*1,3-8H2,2H3;2*3-4H,2H2,1H3,(H,7,8);/q;;;;+2/p-2. The molecule has 0 aliphatic carbocycles. The third-order valence-electron chi connectivity index (χ3n) is 5.68. The second-order valence-electron chi connectivity index (χ2n) is 8.96. The van der Waals surface area contributed by atoms with Gasteiger partial charge in [0.2, 0.25) is 0 Å². The zero-order valence-electron chi connectivity index (χ0n) is 23.4. The van der Waals surface area contributed by atoms with Crippen LogP contribution in [-0.2, 0) is 34.8 Å². The van der Waals surface area contributed by atoms with E-state index in [1.807, 2.05) is 0 Å². The molecule has 0 saturated heterocycles. The van der Waals surface area contributed by atoms with E-state index < -0.39 is 43.1 Å². The molecule has 0 aromatic heterocycles. The molecule has 8 nitrogen and oxygen atoms in total. The number of rotatable bonds is 22. The van der Waals surface area contributed by atoms with E-state index >= 15 is 0 Å². The molecular formula is C28H48O8Sn. The van der Waals surface area contributed by atoms with Crippen LogP contribution in [0.3, 0.4) is 0 Å². The number of carbonyl (C=O) groups is 4. The van der Waals surface area contributed by atoms with Gasteiger partial charge in [-0.15, -0.1) is 0 Å². The van der Waals surface area contributed by atoms with E-state index in [9.17, 15) is 19.2 Å². The summed E-state index contributed by atoms with van der Waals surface area (Å²) in [4.78, 5) is 48.7. The van der Waals surface area contributed by atoms with Gasteiger partial charge in [-0.05, 0) is 0 Å². The molecule has 37 heavy (non-hydrogen) atoms. The van der Waals surface area contributed by atoms with E-state index in [0.717, 1.165) is 88.5 Å². The first kappa shape index (κ1) is 35.2. The average Bonchev–Trinajstić information content (AvgIpc) is 2.86. The van der Waals surface area contributed by atoms with Crippen molar-refractivity contribution in [2.24, 2.45) is 0 Å². The Kier molecular flexibility index (Phi) is 22.1. The van der Waals surface area contributed by atoms with Gasteiger partial charge >= 0.3 is 229 Å². The molecule has 0 N–H and O–H groups in total. The Hall–Kier alpha value is -1.84. The maximum absolute atomic E-state index is 12.7. The van der Waals surface area contributed by atoms with Gasteiger partial charge in [0.15, 0.2) is 0 Å². The Bertz CT molecular complexity index is 657. The molecule has 0 fully saturated rings. The van der Waals surface area contributed by atoms with Gasteiger partial charge in [-0.25, -0.2) is 0 Å². The summed E-state index contributed by atoms with van der Waals surface area (Å²) in [5.41, 5.74) is 0. The van der Waals surface area contributed by atoms with E-state index in [1.165, 1.54) is 12.8 Å². The number of hydrogen-bond acceptors (Lipinski definition) is 8. The molecule has 0 aliphatic rings. The van der Waals surface area contributed by atoms with Crippen molar-refractivity contribution in [1.82, 2.24) is 0 Å². The quantitative estimate of drug-likeness (QED) is 0.0580. The van der Waals surface area contributed by atoms with Crippen molar-refractivity contribution in [3.63, 3.8) is 0 Å². The van der Waals surface area contributed by atoms with E-state index in [-0.39, 0.29) is 13.2 Å². The van der Waals surface area contributed by atoms with Crippen LogP contribution in [0, 0.1) is 0 Å². The summed E-state index contributed by atoms with van der Waals surface area (Å²) in [6.07, 6.45) is 16.7. The summed E-state index contributed by atoms with van der Waals surface area (Å²) in [6.45, 7) is 8.07. The van der Waals surface area contributed by atoms with Gasteiger partial charge in [-0.2, -0.15) is 0 Å². The molecule has 0 spiro atoms. The summed E-state index contributed by atoms with van der Waals surface area (Å²) >= 11 is -4.29. The van der Waals surface area contributed by atoms with Crippen molar-refractivity contribution in [3.05, 3.63) is 24.3 Å². The van der Waals surface area contributed by atoms with Crippen LogP contribution in [0.5, 0.6) is 0 Å². The first-order chi connectivity index (χ1) is 17.8. The van der Waals surface area contributed by atoms with E-state index in [2.05, 4.69) is 13.8 Å². The molecule has 0 unspecified atom stereocenters. The van der Waals surface area contributed by atoms with Gasteiger partial charge in [0.05, 0.1) is 0 Å². The van der Waals surface area contributed by atoms with Crippen molar-refractivity contribution in [3.8, 4) is 0 Å². The summed E-state index contributed by atoms with van der Waals surface area (Å²) in [7, 11) is 0. The van der Waals surface area contributed by atoms with E-state index in [1.54, 1.807) is 13.8 Å². The molecule has 0 saturated carbocycles. The van der Waals surface area contributed by atoms with Crippen LogP contribution in [0.4, 0.5) is 0 Å². The topological polar surface area (TPSA) is 105 Å². The molecule has 0 bridgehead atoms. The van der Waals surface area contributed by atoms with Gasteiger partial charge < -0.3 is 0 Å². The molecule has 0 atom stereocenters. The minimum absolute atomic E-state index is 0.196. The fourth-order valence-corrected chi connectivity index (χ4v) is 12.8. The Morgan fingerprint density at radius 3 is 1.16 bits per heavy atom. The normalized spacial score (nSPS) is 11.6. The molecule has 9 heteroatoms. The molecule has 0 aliphatic heterocycles. The van der Waals surface area contributed by atoms with Gasteiger partial charge in [0.1, 0.15) is 0 Å². The van der Waals surface area contributed by atoms with Crippen molar-refractivity contribution >= 4 is 43.1 Å². The number of esters is 2. The summed E-state index contributed by atoms with van der Waals surface area (Å²) in [5, 5.41) is 0. The molecule has 0 radical (unpaired) electrons. The monoisotopic (exact) mass is 632 g/mol. The molecule has 0 heterocycles. The molecular weight excluding hydrogens is 583 g/mol. The van der Waals surface area contributed by atoms with Crippen molar-refractivity contribution < 1.29 is 34.8 Å². The van der Waals surface area contributed by atoms with Gasteiger partial charge in [-0.3, -0.25) is 0 Å². The van der Waals surface area contributed by atoms with Crippen LogP contribution >= 0.6 is 0 Å². The van der Waals surface area contributed by atoms with Crippen LogP contribution in [0.15, 0.2) is 24.3 Å². The van der Waals surface area contributed by atoms with Crippen molar-refractivity contribution in [2.75, 3.05) is 13.2 Å². The van der Waals surface area contributed by atoms with E-state index in [4.69, 9.17) is 15.6 Å². The molecule has 0 aromatic rings. The Balaban J connectivity index is 5.61. The first-order valence-electron chi connectivity index (χ1n) is 14.0. The Labute approximate surface area is 228 Å². The van der Waals surface area contributed by atoms with Crippen LogP contribution in [-0.4, -0.2) is 56.3 Å². The number of unbranched alkanes of at least 4 members (excludes halogenated alkanes) is 10. The van der Waals surface area contributed by atoms with E-state index in [0.29, 0.717) is 8.87 Å². The van der Waals surface area contributed by atoms with Crippen LogP contribution in [0.25, 0.3) is 0 Å². The summed E-state index contributed by atoms with van der Waals surface area (Å²) < 4.78 is 22.6. The SMILES string of the molecule is CCCCCCC[CH2][Sn]([CH2]CCCCCCC)([O]C(=O)C=CC(=O)OCC)[O]C(=O)C=CC(=O)OCC. The minimum atomic E-state index is -4.29. The fraction of sp³-hybridized carbons (Fsp3) is 0.714. The van der Waals surface area contributed by atoms with Gasteiger partial charge in [-0.1, -0.05) is 0 Å². The fourth-order valence-electron chi connectivity index (χ4n) is 3.79. The second-order valence-corrected chi connectivity index (χ2v) is 18.2. The number of ether oxygens (including phenoxy) is 2. The second kappa shape index (κ2) is 23.3. The number of hydrogen-bond donors (Lipinski definition) is 0. The van der Waals surface area contributed by atoms with Crippen LogP contribution < -0.4 is 0 Å². The predicted molar refractivity (Wildman–Crippen MR) is 146 cm³/mol. The van der Waals surface area contributed by atoms with Crippen molar-refractivity contribution in [2.45, 2.75) is 114 Å². The molecule has 0 aromatic carbocycles. The van der Waals surface area contributed by atoms with Gasteiger partial charge in [0, 0.05) is 0 Å². The summed E-state index contributed by atoms with van der Waals surface area (Å²) in [6, 6.07) is 0. The van der Waals surface area contributed by atoms with Crippen LogP contribution in [0.2, 0.25) is 8.87 Å². The Morgan fingerprint density at radius 2 is 0.811 bits per heavy atom. The zero-order valence-corrected chi connectivity index (χ0v) is 26.2. The maximum atomic E-state index is 12.7. The predicted octanol–water partition coefficient (Wildman–Crippen LogP) is 6.47. The average molecular weight is 631 g/mol.